The number of nitrogens with one attached hydrogen (secondary N) is 1. The number of amides is 2. The van der Waals surface area contributed by atoms with Crippen molar-refractivity contribution in [1.29, 1.82) is 0 Å². The number of esters is 1. The van der Waals surface area contributed by atoms with Crippen LogP contribution in [0.25, 0.3) is 0 Å². The molecule has 0 spiro atoms. The molecule has 1 aromatic rings. The number of carbonyl (C=O) groups is 2. The van der Waals surface area contributed by atoms with Gasteiger partial charge in [-0.1, -0.05) is 0 Å². The summed E-state index contributed by atoms with van der Waals surface area (Å²) in [4.78, 5) is 27.9. The number of likely N-dealkylation sites (N-methyl/N-ethyl adjacent to an activating group) is 1. The molecule has 1 fully saturated rings. The van der Waals surface area contributed by atoms with Crippen molar-refractivity contribution in [1.82, 2.24) is 9.80 Å². The van der Waals surface area contributed by atoms with Crippen molar-refractivity contribution in [2.45, 2.75) is 13.3 Å². The summed E-state index contributed by atoms with van der Waals surface area (Å²) >= 11 is 0. The number of benzene rings is 1. The predicted octanol–water partition coefficient (Wildman–Crippen LogP) is 2.03. The summed E-state index contributed by atoms with van der Waals surface area (Å²) in [6.07, 6.45) is 0.978. The molecular weight excluding hydrogens is 282 g/mol. The number of ether oxygens (including phenoxy) is 1. The number of hydrogen-bond acceptors (Lipinski definition) is 4. The third-order valence-corrected chi connectivity index (χ3v) is 3.65. The average Bonchev–Trinajstić information content (AvgIpc) is 2.73. The molecule has 0 unspecified atom stereocenters. The Bertz CT molecular complexity index is 516. The number of urea groups is 1. The molecule has 120 valence electrons. The van der Waals surface area contributed by atoms with Gasteiger partial charge in [-0.25, -0.2) is 9.59 Å². The van der Waals surface area contributed by atoms with Crippen LogP contribution in [0.4, 0.5) is 10.5 Å². The van der Waals surface area contributed by atoms with Crippen molar-refractivity contribution >= 4 is 17.7 Å². The molecular formula is C16H23N3O3. The van der Waals surface area contributed by atoms with Crippen molar-refractivity contribution in [2.75, 3.05) is 45.2 Å². The van der Waals surface area contributed by atoms with E-state index in [1.54, 1.807) is 31.2 Å². The zero-order valence-corrected chi connectivity index (χ0v) is 13.2. The van der Waals surface area contributed by atoms with Gasteiger partial charge < -0.3 is 19.9 Å². The maximum Gasteiger partial charge on any atom is 0.338 e. The number of rotatable bonds is 3. The molecule has 0 saturated carbocycles. The van der Waals surface area contributed by atoms with Gasteiger partial charge in [-0.15, -0.1) is 0 Å². The monoisotopic (exact) mass is 305 g/mol. The van der Waals surface area contributed by atoms with Gasteiger partial charge >= 0.3 is 12.0 Å². The summed E-state index contributed by atoms with van der Waals surface area (Å²) in [5.74, 6) is -0.351. The number of anilines is 1. The molecule has 1 aromatic carbocycles. The Morgan fingerprint density at radius 3 is 2.55 bits per heavy atom. The molecule has 6 heteroatoms. The van der Waals surface area contributed by atoms with E-state index in [4.69, 9.17) is 4.74 Å². The average molecular weight is 305 g/mol. The normalized spacial score (nSPS) is 16.0. The lowest BCUT2D eigenvalue weighted by atomic mass is 10.2. The first kappa shape index (κ1) is 16.3. The summed E-state index contributed by atoms with van der Waals surface area (Å²) in [5, 5.41) is 2.87. The van der Waals surface area contributed by atoms with Crippen LogP contribution in [0, 0.1) is 0 Å². The van der Waals surface area contributed by atoms with E-state index in [1.165, 1.54) is 0 Å². The second-order valence-electron chi connectivity index (χ2n) is 5.37. The van der Waals surface area contributed by atoms with Gasteiger partial charge in [-0.2, -0.15) is 0 Å². The highest BCUT2D eigenvalue weighted by molar-refractivity contribution is 5.92. The maximum absolute atomic E-state index is 12.3. The van der Waals surface area contributed by atoms with E-state index in [0.717, 1.165) is 32.6 Å². The highest BCUT2D eigenvalue weighted by Crippen LogP contribution is 2.12. The fraction of sp³-hybridized carbons (Fsp3) is 0.500. The SMILES string of the molecule is CCOC(=O)c1ccc(NC(=O)N2CCCN(C)CC2)cc1. The summed E-state index contributed by atoms with van der Waals surface area (Å²) in [7, 11) is 2.06. The van der Waals surface area contributed by atoms with Crippen LogP contribution in [-0.4, -0.2) is 61.6 Å². The van der Waals surface area contributed by atoms with E-state index in [1.807, 2.05) is 4.90 Å². The van der Waals surface area contributed by atoms with Crippen molar-refractivity contribution in [2.24, 2.45) is 0 Å². The van der Waals surface area contributed by atoms with E-state index in [2.05, 4.69) is 17.3 Å². The molecule has 1 saturated heterocycles. The lowest BCUT2D eigenvalue weighted by Crippen LogP contribution is -2.37. The molecule has 1 heterocycles. The van der Waals surface area contributed by atoms with E-state index in [0.29, 0.717) is 17.9 Å². The maximum atomic E-state index is 12.3. The minimum Gasteiger partial charge on any atom is -0.462 e. The first-order valence-electron chi connectivity index (χ1n) is 7.62. The van der Waals surface area contributed by atoms with Crippen molar-refractivity contribution in [3.8, 4) is 0 Å². The van der Waals surface area contributed by atoms with Crippen LogP contribution in [0.5, 0.6) is 0 Å². The molecule has 1 N–H and O–H groups in total. The number of hydrogen-bond donors (Lipinski definition) is 1. The first-order valence-corrected chi connectivity index (χ1v) is 7.62. The Kier molecular flexibility index (Phi) is 5.77. The van der Waals surface area contributed by atoms with Gasteiger partial charge in [0.25, 0.3) is 0 Å². The van der Waals surface area contributed by atoms with E-state index in [-0.39, 0.29) is 12.0 Å². The number of carbonyl (C=O) groups excluding carboxylic acids is 2. The highest BCUT2D eigenvalue weighted by atomic mass is 16.5. The fourth-order valence-electron chi connectivity index (χ4n) is 2.36. The van der Waals surface area contributed by atoms with Crippen molar-refractivity contribution in [3.63, 3.8) is 0 Å². The summed E-state index contributed by atoms with van der Waals surface area (Å²) < 4.78 is 4.93. The van der Waals surface area contributed by atoms with Crippen LogP contribution in [0.15, 0.2) is 24.3 Å². The van der Waals surface area contributed by atoms with Crippen LogP contribution in [0.1, 0.15) is 23.7 Å². The smallest absolute Gasteiger partial charge is 0.338 e. The van der Waals surface area contributed by atoms with E-state index >= 15 is 0 Å². The quantitative estimate of drug-likeness (QED) is 0.868. The first-order chi connectivity index (χ1) is 10.6. The minimum atomic E-state index is -0.351. The lowest BCUT2D eigenvalue weighted by Gasteiger charge is -2.21. The lowest BCUT2D eigenvalue weighted by molar-refractivity contribution is 0.0526. The van der Waals surface area contributed by atoms with Crippen LogP contribution >= 0.6 is 0 Å². The van der Waals surface area contributed by atoms with Crippen LogP contribution in [0.3, 0.4) is 0 Å². The summed E-state index contributed by atoms with van der Waals surface area (Å²) in [6.45, 7) is 5.50. The molecule has 0 aromatic heterocycles. The standard InChI is InChI=1S/C16H23N3O3/c1-3-22-15(20)13-5-7-14(8-6-13)17-16(21)19-10-4-9-18(2)11-12-19/h5-8H,3-4,9-12H2,1-2H3,(H,17,21). The molecule has 0 atom stereocenters. The molecule has 0 bridgehead atoms. The van der Waals surface area contributed by atoms with Gasteiger partial charge in [-0.3, -0.25) is 0 Å². The molecule has 2 amide bonds. The van der Waals surface area contributed by atoms with E-state index in [9.17, 15) is 9.59 Å². The zero-order valence-electron chi connectivity index (χ0n) is 13.2. The fourth-order valence-corrected chi connectivity index (χ4v) is 2.36. The van der Waals surface area contributed by atoms with Gasteiger partial charge in [-0.05, 0) is 51.2 Å². The Morgan fingerprint density at radius 1 is 1.14 bits per heavy atom. The van der Waals surface area contributed by atoms with Gasteiger partial charge in [0.15, 0.2) is 0 Å². The highest BCUT2D eigenvalue weighted by Gasteiger charge is 2.17. The largest absolute Gasteiger partial charge is 0.462 e. The molecule has 0 aliphatic carbocycles. The molecule has 0 radical (unpaired) electrons. The van der Waals surface area contributed by atoms with Crippen LogP contribution in [-0.2, 0) is 4.74 Å². The van der Waals surface area contributed by atoms with Gasteiger partial charge in [0.1, 0.15) is 0 Å². The Balaban J connectivity index is 1.92. The summed E-state index contributed by atoms with van der Waals surface area (Å²) in [5.41, 5.74) is 1.16. The molecule has 2 rings (SSSR count). The van der Waals surface area contributed by atoms with E-state index < -0.39 is 0 Å². The van der Waals surface area contributed by atoms with Crippen LogP contribution in [0.2, 0.25) is 0 Å². The third kappa shape index (κ3) is 4.46. The molecule has 1 aliphatic rings. The van der Waals surface area contributed by atoms with Gasteiger partial charge in [0.2, 0.25) is 0 Å². The topological polar surface area (TPSA) is 61.9 Å². The molecule has 22 heavy (non-hydrogen) atoms. The number of nitrogens with zero attached hydrogens (tertiary/aromatic N) is 2. The summed E-state index contributed by atoms with van der Waals surface area (Å²) in [6, 6.07) is 6.65. The minimum absolute atomic E-state index is 0.0980. The van der Waals surface area contributed by atoms with Gasteiger partial charge in [0, 0.05) is 25.3 Å². The van der Waals surface area contributed by atoms with Crippen molar-refractivity contribution < 1.29 is 14.3 Å². The molecule has 6 nitrogen and oxygen atoms in total. The van der Waals surface area contributed by atoms with Crippen LogP contribution < -0.4 is 5.32 Å². The Hall–Kier alpha value is -2.08. The Labute approximate surface area is 131 Å². The third-order valence-electron chi connectivity index (χ3n) is 3.65. The second kappa shape index (κ2) is 7.79. The second-order valence-corrected chi connectivity index (χ2v) is 5.37. The van der Waals surface area contributed by atoms with Gasteiger partial charge in [0.05, 0.1) is 12.2 Å². The Morgan fingerprint density at radius 2 is 1.86 bits per heavy atom. The van der Waals surface area contributed by atoms with Crippen molar-refractivity contribution in [3.05, 3.63) is 29.8 Å². The predicted molar refractivity (Wildman–Crippen MR) is 85.1 cm³/mol. The molecule has 1 aliphatic heterocycles. The zero-order chi connectivity index (χ0) is 15.9.